The highest BCUT2D eigenvalue weighted by Gasteiger charge is 2.16. The Morgan fingerprint density at radius 2 is 2.17 bits per heavy atom. The molecular weight excluding hydrogens is 234 g/mol. The lowest BCUT2D eigenvalue weighted by Gasteiger charge is -2.07. The molecule has 1 amide bonds. The standard InChI is InChI=1S/C12H17N3O3/c1-3-4-7-14-10-6-5-9(12(16)13-2)8-11(10)15(17)18/h5-6,8,14H,3-4,7H2,1-2H3,(H,13,16). The lowest BCUT2D eigenvalue weighted by atomic mass is 10.1. The van der Waals surface area contributed by atoms with E-state index in [0.29, 0.717) is 12.2 Å². The minimum atomic E-state index is -0.485. The van der Waals surface area contributed by atoms with Crippen LogP contribution in [0.4, 0.5) is 11.4 Å². The third-order valence-corrected chi connectivity index (χ3v) is 2.53. The summed E-state index contributed by atoms with van der Waals surface area (Å²) in [5.74, 6) is -0.335. The first-order valence-corrected chi connectivity index (χ1v) is 5.84. The number of hydrogen-bond donors (Lipinski definition) is 2. The fourth-order valence-corrected chi connectivity index (χ4v) is 1.52. The maximum absolute atomic E-state index is 11.4. The highest BCUT2D eigenvalue weighted by atomic mass is 16.6. The molecule has 0 aliphatic heterocycles. The number of nitro groups is 1. The molecule has 1 aromatic carbocycles. The van der Waals surface area contributed by atoms with Gasteiger partial charge in [0.1, 0.15) is 5.69 Å². The SMILES string of the molecule is CCCCNc1ccc(C(=O)NC)cc1[N+](=O)[O-]. The average Bonchev–Trinajstić information content (AvgIpc) is 2.38. The Balaban J connectivity index is 2.97. The van der Waals surface area contributed by atoms with Gasteiger partial charge in [-0.05, 0) is 18.6 Å². The van der Waals surface area contributed by atoms with E-state index in [0.717, 1.165) is 12.8 Å². The van der Waals surface area contributed by atoms with Crippen LogP contribution < -0.4 is 10.6 Å². The van der Waals surface area contributed by atoms with Crippen LogP contribution in [0.3, 0.4) is 0 Å². The molecule has 0 aliphatic rings. The van der Waals surface area contributed by atoms with E-state index in [-0.39, 0.29) is 17.2 Å². The second-order valence-electron chi connectivity index (χ2n) is 3.85. The summed E-state index contributed by atoms with van der Waals surface area (Å²) in [5.41, 5.74) is 0.651. The van der Waals surface area contributed by atoms with E-state index in [9.17, 15) is 14.9 Å². The van der Waals surface area contributed by atoms with Crippen molar-refractivity contribution in [3.63, 3.8) is 0 Å². The van der Waals surface area contributed by atoms with Crippen molar-refractivity contribution in [2.75, 3.05) is 18.9 Å². The maximum atomic E-state index is 11.4. The molecule has 0 unspecified atom stereocenters. The molecule has 98 valence electrons. The zero-order valence-electron chi connectivity index (χ0n) is 10.5. The van der Waals surface area contributed by atoms with Crippen LogP contribution in [0.15, 0.2) is 18.2 Å². The first-order chi connectivity index (χ1) is 8.60. The molecule has 2 N–H and O–H groups in total. The van der Waals surface area contributed by atoms with Crippen molar-refractivity contribution < 1.29 is 9.72 Å². The van der Waals surface area contributed by atoms with E-state index in [1.165, 1.54) is 13.1 Å². The largest absolute Gasteiger partial charge is 0.379 e. The topological polar surface area (TPSA) is 84.3 Å². The number of nitrogens with zero attached hydrogens (tertiary/aromatic N) is 1. The van der Waals surface area contributed by atoms with E-state index in [1.54, 1.807) is 12.1 Å². The predicted octanol–water partition coefficient (Wildman–Crippen LogP) is 2.17. The molecule has 0 bridgehead atoms. The summed E-state index contributed by atoms with van der Waals surface area (Å²) in [6, 6.07) is 4.42. The Morgan fingerprint density at radius 1 is 1.44 bits per heavy atom. The minimum absolute atomic E-state index is 0.0767. The van der Waals surface area contributed by atoms with Gasteiger partial charge in [-0.1, -0.05) is 13.3 Å². The second-order valence-corrected chi connectivity index (χ2v) is 3.85. The van der Waals surface area contributed by atoms with Crippen LogP contribution in [0.5, 0.6) is 0 Å². The second kappa shape index (κ2) is 6.58. The zero-order chi connectivity index (χ0) is 13.5. The number of nitro benzene ring substituents is 1. The van der Waals surface area contributed by atoms with Crippen molar-refractivity contribution in [1.82, 2.24) is 5.32 Å². The van der Waals surface area contributed by atoms with E-state index in [2.05, 4.69) is 10.6 Å². The third-order valence-electron chi connectivity index (χ3n) is 2.53. The number of unbranched alkanes of at least 4 members (excludes halogenated alkanes) is 1. The number of carbonyl (C=O) groups is 1. The lowest BCUT2D eigenvalue weighted by Crippen LogP contribution is -2.18. The van der Waals surface area contributed by atoms with Gasteiger partial charge in [0.15, 0.2) is 0 Å². The Kier molecular flexibility index (Phi) is 5.10. The molecule has 0 atom stereocenters. The van der Waals surface area contributed by atoms with Crippen molar-refractivity contribution in [3.05, 3.63) is 33.9 Å². The Bertz CT molecular complexity index is 446. The van der Waals surface area contributed by atoms with Crippen molar-refractivity contribution in [3.8, 4) is 0 Å². The summed E-state index contributed by atoms with van der Waals surface area (Å²) in [6.45, 7) is 2.72. The summed E-state index contributed by atoms with van der Waals surface area (Å²) in [5, 5.41) is 16.4. The molecule has 6 heteroatoms. The third kappa shape index (κ3) is 3.44. The molecule has 1 rings (SSSR count). The smallest absolute Gasteiger partial charge is 0.293 e. The van der Waals surface area contributed by atoms with Crippen LogP contribution >= 0.6 is 0 Å². The van der Waals surface area contributed by atoms with Crippen LogP contribution in [-0.2, 0) is 0 Å². The predicted molar refractivity (Wildman–Crippen MR) is 69.9 cm³/mol. The van der Waals surface area contributed by atoms with Crippen LogP contribution in [0.1, 0.15) is 30.1 Å². The van der Waals surface area contributed by atoms with Gasteiger partial charge in [0.2, 0.25) is 0 Å². The van der Waals surface area contributed by atoms with Crippen LogP contribution in [-0.4, -0.2) is 24.4 Å². The van der Waals surface area contributed by atoms with E-state index < -0.39 is 4.92 Å². The summed E-state index contributed by atoms with van der Waals surface area (Å²) >= 11 is 0. The van der Waals surface area contributed by atoms with Crippen molar-refractivity contribution >= 4 is 17.3 Å². The van der Waals surface area contributed by atoms with Crippen LogP contribution in [0.25, 0.3) is 0 Å². The van der Waals surface area contributed by atoms with Gasteiger partial charge >= 0.3 is 0 Å². The molecule has 0 aromatic heterocycles. The molecule has 0 spiro atoms. The average molecular weight is 251 g/mol. The summed E-state index contributed by atoms with van der Waals surface area (Å²) in [4.78, 5) is 21.9. The van der Waals surface area contributed by atoms with Gasteiger partial charge in [-0.15, -0.1) is 0 Å². The number of benzene rings is 1. The van der Waals surface area contributed by atoms with Crippen LogP contribution in [0.2, 0.25) is 0 Å². The van der Waals surface area contributed by atoms with Gasteiger partial charge < -0.3 is 10.6 Å². The number of rotatable bonds is 6. The number of hydrogen-bond acceptors (Lipinski definition) is 4. The quantitative estimate of drug-likeness (QED) is 0.461. The highest BCUT2D eigenvalue weighted by Crippen LogP contribution is 2.25. The van der Waals surface area contributed by atoms with Crippen molar-refractivity contribution in [2.24, 2.45) is 0 Å². The van der Waals surface area contributed by atoms with Gasteiger partial charge in [-0.25, -0.2) is 0 Å². The molecule has 0 aliphatic carbocycles. The molecule has 0 saturated heterocycles. The maximum Gasteiger partial charge on any atom is 0.293 e. The zero-order valence-corrected chi connectivity index (χ0v) is 10.5. The lowest BCUT2D eigenvalue weighted by molar-refractivity contribution is -0.384. The van der Waals surface area contributed by atoms with Gasteiger partial charge in [0.25, 0.3) is 11.6 Å². The van der Waals surface area contributed by atoms with Crippen molar-refractivity contribution in [2.45, 2.75) is 19.8 Å². The van der Waals surface area contributed by atoms with Crippen LogP contribution in [0, 0.1) is 10.1 Å². The van der Waals surface area contributed by atoms with Gasteiger partial charge in [-0.2, -0.15) is 0 Å². The Hall–Kier alpha value is -2.11. The first kappa shape index (κ1) is 14.0. The normalized spacial score (nSPS) is 9.89. The Morgan fingerprint density at radius 3 is 2.72 bits per heavy atom. The number of carbonyl (C=O) groups excluding carboxylic acids is 1. The van der Waals surface area contributed by atoms with E-state index >= 15 is 0 Å². The van der Waals surface area contributed by atoms with Gasteiger partial charge in [-0.3, -0.25) is 14.9 Å². The fraction of sp³-hybridized carbons (Fsp3) is 0.417. The first-order valence-electron chi connectivity index (χ1n) is 5.84. The van der Waals surface area contributed by atoms with Gasteiger partial charge in [0.05, 0.1) is 4.92 Å². The molecule has 6 nitrogen and oxygen atoms in total. The summed E-state index contributed by atoms with van der Waals surface area (Å²) in [6.07, 6.45) is 1.95. The fourth-order valence-electron chi connectivity index (χ4n) is 1.52. The number of nitrogens with one attached hydrogen (secondary N) is 2. The molecule has 18 heavy (non-hydrogen) atoms. The number of amides is 1. The van der Waals surface area contributed by atoms with Gasteiger partial charge in [0, 0.05) is 25.2 Å². The Labute approximate surface area is 106 Å². The molecule has 1 aromatic rings. The molecule has 0 fully saturated rings. The summed E-state index contributed by atoms with van der Waals surface area (Å²) < 4.78 is 0. The van der Waals surface area contributed by atoms with E-state index in [4.69, 9.17) is 0 Å². The number of anilines is 1. The molecule has 0 heterocycles. The summed E-state index contributed by atoms with van der Waals surface area (Å²) in [7, 11) is 1.49. The van der Waals surface area contributed by atoms with E-state index in [1.807, 2.05) is 6.92 Å². The van der Waals surface area contributed by atoms with Crippen molar-refractivity contribution in [1.29, 1.82) is 0 Å². The highest BCUT2D eigenvalue weighted by molar-refractivity contribution is 5.95. The molecule has 0 radical (unpaired) electrons. The molecular formula is C12H17N3O3. The minimum Gasteiger partial charge on any atom is -0.379 e. The molecule has 0 saturated carbocycles. The monoisotopic (exact) mass is 251 g/mol.